The highest BCUT2D eigenvalue weighted by Gasteiger charge is 2.35. The van der Waals surface area contributed by atoms with Crippen LogP contribution in [0.5, 0.6) is 0 Å². The van der Waals surface area contributed by atoms with Crippen LogP contribution in [-0.4, -0.2) is 42.3 Å². The molecule has 2 fully saturated rings. The molecule has 1 aliphatic carbocycles. The number of hydrogen-bond acceptors (Lipinski definition) is 3. The SMILES string of the molecule is NCC(O)CCN1CCC2(CCCCC2)CC1. The maximum absolute atomic E-state index is 9.48. The molecule has 1 spiro atoms. The van der Waals surface area contributed by atoms with Crippen molar-refractivity contribution in [3.63, 3.8) is 0 Å². The van der Waals surface area contributed by atoms with E-state index in [-0.39, 0.29) is 6.10 Å². The lowest BCUT2D eigenvalue weighted by molar-refractivity contribution is 0.0583. The number of aliphatic hydroxyl groups excluding tert-OH is 1. The fourth-order valence-corrected chi connectivity index (χ4v) is 3.50. The summed E-state index contributed by atoms with van der Waals surface area (Å²) in [5.41, 5.74) is 6.13. The summed E-state index contributed by atoms with van der Waals surface area (Å²) >= 11 is 0. The molecule has 1 saturated heterocycles. The van der Waals surface area contributed by atoms with Gasteiger partial charge in [-0.05, 0) is 50.6 Å². The summed E-state index contributed by atoms with van der Waals surface area (Å²) < 4.78 is 0. The van der Waals surface area contributed by atoms with Crippen LogP contribution < -0.4 is 5.73 Å². The molecule has 3 nitrogen and oxygen atoms in total. The van der Waals surface area contributed by atoms with Crippen molar-refractivity contribution in [3.8, 4) is 0 Å². The molecule has 0 radical (unpaired) electrons. The second kappa shape index (κ2) is 6.17. The average Bonchev–Trinajstić information content (AvgIpc) is 2.39. The fraction of sp³-hybridized carbons (Fsp3) is 1.00. The lowest BCUT2D eigenvalue weighted by Crippen LogP contribution is -2.42. The molecule has 1 heterocycles. The van der Waals surface area contributed by atoms with Gasteiger partial charge in [0.1, 0.15) is 0 Å². The van der Waals surface area contributed by atoms with Gasteiger partial charge in [-0.3, -0.25) is 0 Å². The molecule has 0 bridgehead atoms. The van der Waals surface area contributed by atoms with E-state index in [9.17, 15) is 5.11 Å². The second-order valence-corrected chi connectivity index (χ2v) is 6.08. The van der Waals surface area contributed by atoms with E-state index in [2.05, 4.69) is 4.90 Å². The monoisotopic (exact) mass is 240 g/mol. The number of likely N-dealkylation sites (tertiary alicyclic amines) is 1. The first-order valence-electron chi connectivity index (χ1n) is 7.35. The van der Waals surface area contributed by atoms with Gasteiger partial charge < -0.3 is 15.7 Å². The summed E-state index contributed by atoms with van der Waals surface area (Å²) in [6.07, 6.45) is 10.6. The third-order valence-corrected chi connectivity index (χ3v) is 4.88. The van der Waals surface area contributed by atoms with Crippen molar-refractivity contribution in [1.29, 1.82) is 0 Å². The Labute approximate surface area is 105 Å². The van der Waals surface area contributed by atoms with Gasteiger partial charge in [-0.15, -0.1) is 0 Å². The van der Waals surface area contributed by atoms with Gasteiger partial charge in [0.15, 0.2) is 0 Å². The Morgan fingerprint density at radius 1 is 1.06 bits per heavy atom. The summed E-state index contributed by atoms with van der Waals surface area (Å²) in [4.78, 5) is 2.51. The highest BCUT2D eigenvalue weighted by atomic mass is 16.3. The van der Waals surface area contributed by atoms with Crippen LogP contribution in [0.4, 0.5) is 0 Å². The molecule has 1 saturated carbocycles. The Hall–Kier alpha value is -0.120. The maximum atomic E-state index is 9.48. The van der Waals surface area contributed by atoms with E-state index in [1.807, 2.05) is 0 Å². The number of piperidine rings is 1. The van der Waals surface area contributed by atoms with E-state index in [0.29, 0.717) is 12.0 Å². The predicted octanol–water partition coefficient (Wildman–Crippen LogP) is 1.74. The van der Waals surface area contributed by atoms with Gasteiger partial charge >= 0.3 is 0 Å². The van der Waals surface area contributed by atoms with Gasteiger partial charge in [0.25, 0.3) is 0 Å². The smallest absolute Gasteiger partial charge is 0.0674 e. The van der Waals surface area contributed by atoms with Gasteiger partial charge in [0.2, 0.25) is 0 Å². The minimum atomic E-state index is -0.305. The first-order valence-corrected chi connectivity index (χ1v) is 7.35. The van der Waals surface area contributed by atoms with Crippen LogP contribution in [0.2, 0.25) is 0 Å². The van der Waals surface area contributed by atoms with E-state index >= 15 is 0 Å². The molecule has 0 aromatic carbocycles. The minimum Gasteiger partial charge on any atom is -0.392 e. The standard InChI is InChI=1S/C14H28N2O/c15-12-13(17)4-9-16-10-7-14(8-11-16)5-2-1-3-6-14/h13,17H,1-12,15H2. The molecule has 3 N–H and O–H groups in total. The summed E-state index contributed by atoms with van der Waals surface area (Å²) in [7, 11) is 0. The lowest BCUT2D eigenvalue weighted by Gasteiger charge is -2.44. The molecule has 2 rings (SSSR count). The Bertz CT molecular complexity index is 216. The Morgan fingerprint density at radius 3 is 2.29 bits per heavy atom. The van der Waals surface area contributed by atoms with Crippen LogP contribution in [0.1, 0.15) is 51.4 Å². The van der Waals surface area contributed by atoms with Gasteiger partial charge in [0, 0.05) is 13.1 Å². The van der Waals surface area contributed by atoms with E-state index in [0.717, 1.165) is 13.0 Å². The van der Waals surface area contributed by atoms with Crippen molar-refractivity contribution < 1.29 is 5.11 Å². The zero-order valence-corrected chi connectivity index (χ0v) is 11.0. The van der Waals surface area contributed by atoms with Crippen molar-refractivity contribution in [2.45, 2.75) is 57.5 Å². The number of nitrogens with zero attached hydrogens (tertiary/aromatic N) is 1. The largest absolute Gasteiger partial charge is 0.392 e. The van der Waals surface area contributed by atoms with E-state index in [4.69, 9.17) is 5.73 Å². The molecule has 1 atom stereocenters. The molecular formula is C14H28N2O. The van der Waals surface area contributed by atoms with Gasteiger partial charge in [-0.2, -0.15) is 0 Å². The zero-order chi connectivity index (χ0) is 12.1. The van der Waals surface area contributed by atoms with Crippen LogP contribution in [0.15, 0.2) is 0 Å². The Morgan fingerprint density at radius 2 is 1.71 bits per heavy atom. The molecule has 0 aromatic heterocycles. The highest BCUT2D eigenvalue weighted by Crippen LogP contribution is 2.44. The van der Waals surface area contributed by atoms with Gasteiger partial charge in [0.05, 0.1) is 6.10 Å². The minimum absolute atomic E-state index is 0.305. The topological polar surface area (TPSA) is 49.5 Å². The fourth-order valence-electron chi connectivity index (χ4n) is 3.50. The third-order valence-electron chi connectivity index (χ3n) is 4.88. The highest BCUT2D eigenvalue weighted by molar-refractivity contribution is 4.88. The normalized spacial score (nSPS) is 27.2. The molecule has 17 heavy (non-hydrogen) atoms. The Balaban J connectivity index is 1.70. The van der Waals surface area contributed by atoms with Crippen molar-refractivity contribution in [3.05, 3.63) is 0 Å². The van der Waals surface area contributed by atoms with Crippen LogP contribution in [-0.2, 0) is 0 Å². The third kappa shape index (κ3) is 3.67. The van der Waals surface area contributed by atoms with Crippen molar-refractivity contribution in [2.75, 3.05) is 26.2 Å². The second-order valence-electron chi connectivity index (χ2n) is 6.08. The van der Waals surface area contributed by atoms with Crippen LogP contribution in [0.25, 0.3) is 0 Å². The van der Waals surface area contributed by atoms with Crippen LogP contribution in [0.3, 0.4) is 0 Å². The molecule has 0 aromatic rings. The van der Waals surface area contributed by atoms with Crippen molar-refractivity contribution in [2.24, 2.45) is 11.1 Å². The maximum Gasteiger partial charge on any atom is 0.0674 e. The lowest BCUT2D eigenvalue weighted by atomic mass is 9.68. The van der Waals surface area contributed by atoms with Gasteiger partial charge in [-0.1, -0.05) is 19.3 Å². The Kier molecular flexibility index (Phi) is 4.83. The van der Waals surface area contributed by atoms with E-state index in [1.165, 1.54) is 58.0 Å². The van der Waals surface area contributed by atoms with Crippen LogP contribution >= 0.6 is 0 Å². The summed E-state index contributed by atoms with van der Waals surface area (Å²) in [5.74, 6) is 0. The number of rotatable bonds is 4. The van der Waals surface area contributed by atoms with Crippen molar-refractivity contribution in [1.82, 2.24) is 4.90 Å². The molecule has 2 aliphatic rings. The average molecular weight is 240 g/mol. The quantitative estimate of drug-likeness (QED) is 0.787. The summed E-state index contributed by atoms with van der Waals surface area (Å²) in [5, 5.41) is 9.48. The summed E-state index contributed by atoms with van der Waals surface area (Å²) in [6.45, 7) is 3.89. The number of aliphatic hydroxyl groups is 1. The molecule has 3 heteroatoms. The predicted molar refractivity (Wildman–Crippen MR) is 70.9 cm³/mol. The molecular weight excluding hydrogens is 212 g/mol. The zero-order valence-electron chi connectivity index (χ0n) is 11.0. The number of hydrogen-bond donors (Lipinski definition) is 2. The molecule has 1 aliphatic heterocycles. The molecule has 0 amide bonds. The van der Waals surface area contributed by atoms with Gasteiger partial charge in [-0.25, -0.2) is 0 Å². The molecule has 1 unspecified atom stereocenters. The molecule has 100 valence electrons. The first kappa shape index (κ1) is 13.3. The van der Waals surface area contributed by atoms with Crippen LogP contribution in [0, 0.1) is 5.41 Å². The number of nitrogens with two attached hydrogens (primary N) is 1. The summed E-state index contributed by atoms with van der Waals surface area (Å²) in [6, 6.07) is 0. The first-order chi connectivity index (χ1) is 8.24. The van der Waals surface area contributed by atoms with E-state index < -0.39 is 0 Å². The van der Waals surface area contributed by atoms with E-state index in [1.54, 1.807) is 0 Å². The van der Waals surface area contributed by atoms with Crippen molar-refractivity contribution >= 4 is 0 Å².